The molecule has 0 N–H and O–H groups in total. The highest BCUT2D eigenvalue weighted by Gasteiger charge is 2.16. The highest BCUT2D eigenvalue weighted by atomic mass is 16.2. The molecule has 1 aromatic rings. The molecule has 0 aliphatic carbocycles. The molecule has 0 atom stereocenters. The van der Waals surface area contributed by atoms with Crippen LogP contribution >= 0.6 is 0 Å². The topological polar surface area (TPSA) is 46.1 Å². The molecule has 1 aliphatic heterocycles. The normalized spacial score (nSPS) is 15.4. The Morgan fingerprint density at radius 2 is 2.20 bits per heavy atom. The van der Waals surface area contributed by atoms with E-state index in [-0.39, 0.29) is 5.91 Å². The van der Waals surface area contributed by atoms with E-state index in [4.69, 9.17) is 0 Å². The summed E-state index contributed by atoms with van der Waals surface area (Å²) >= 11 is 0. The molecular weight excluding hydrogens is 190 g/mol. The first-order chi connectivity index (χ1) is 7.27. The maximum Gasteiger partial charge on any atom is 0.274 e. The third-order valence-electron chi connectivity index (χ3n) is 2.35. The largest absolute Gasteiger partial charge is 0.333 e. The molecule has 0 saturated carbocycles. The molecule has 2 rings (SSSR count). The van der Waals surface area contributed by atoms with Crippen LogP contribution in [0.15, 0.2) is 24.5 Å². The van der Waals surface area contributed by atoms with Crippen molar-refractivity contribution in [2.24, 2.45) is 0 Å². The van der Waals surface area contributed by atoms with E-state index < -0.39 is 0 Å². The summed E-state index contributed by atoms with van der Waals surface area (Å²) in [6.07, 6.45) is 8.17. The van der Waals surface area contributed by atoms with Crippen molar-refractivity contribution in [2.45, 2.75) is 13.3 Å². The molecular formula is C11H13N3O. The lowest BCUT2D eigenvalue weighted by Gasteiger charge is -2.22. The van der Waals surface area contributed by atoms with Gasteiger partial charge in [0.1, 0.15) is 5.69 Å². The zero-order valence-electron chi connectivity index (χ0n) is 8.68. The predicted octanol–water partition coefficient (Wildman–Crippen LogP) is 1.19. The standard InChI is InChI=1S/C11H13N3O/c1-9-7-13-10(8-12-9)11(15)14-5-3-2-4-6-14/h2-3,7-8H,4-6H2,1H3. The summed E-state index contributed by atoms with van der Waals surface area (Å²) in [4.78, 5) is 21.8. The van der Waals surface area contributed by atoms with E-state index in [0.29, 0.717) is 12.2 Å². The molecule has 0 saturated heterocycles. The molecule has 0 radical (unpaired) electrons. The second kappa shape index (κ2) is 4.21. The van der Waals surface area contributed by atoms with Gasteiger partial charge in [-0.15, -0.1) is 0 Å². The first-order valence-corrected chi connectivity index (χ1v) is 5.00. The second-order valence-corrected chi connectivity index (χ2v) is 3.55. The van der Waals surface area contributed by atoms with Gasteiger partial charge in [-0.3, -0.25) is 9.78 Å². The number of aromatic nitrogens is 2. The highest BCUT2D eigenvalue weighted by Crippen LogP contribution is 2.06. The fourth-order valence-electron chi connectivity index (χ4n) is 1.49. The summed E-state index contributed by atoms with van der Waals surface area (Å²) in [6.45, 7) is 3.30. The van der Waals surface area contributed by atoms with Gasteiger partial charge in [0.15, 0.2) is 0 Å². The summed E-state index contributed by atoms with van der Waals surface area (Å²) in [6, 6.07) is 0. The fourth-order valence-corrected chi connectivity index (χ4v) is 1.49. The quantitative estimate of drug-likeness (QED) is 0.644. The van der Waals surface area contributed by atoms with Gasteiger partial charge >= 0.3 is 0 Å². The van der Waals surface area contributed by atoms with Gasteiger partial charge in [0, 0.05) is 19.3 Å². The van der Waals surface area contributed by atoms with E-state index >= 15 is 0 Å². The summed E-state index contributed by atoms with van der Waals surface area (Å²) in [5.74, 6) is -0.0353. The summed E-state index contributed by atoms with van der Waals surface area (Å²) < 4.78 is 0. The number of carbonyl (C=O) groups excluding carboxylic acids is 1. The summed E-state index contributed by atoms with van der Waals surface area (Å²) in [5, 5.41) is 0. The minimum absolute atomic E-state index is 0.0353. The van der Waals surface area contributed by atoms with E-state index in [1.54, 1.807) is 11.1 Å². The van der Waals surface area contributed by atoms with E-state index in [9.17, 15) is 4.79 Å². The molecule has 2 heterocycles. The molecule has 0 bridgehead atoms. The third-order valence-corrected chi connectivity index (χ3v) is 2.35. The lowest BCUT2D eigenvalue weighted by molar-refractivity contribution is 0.0764. The van der Waals surface area contributed by atoms with Crippen LogP contribution in [0.4, 0.5) is 0 Å². The second-order valence-electron chi connectivity index (χ2n) is 3.55. The SMILES string of the molecule is Cc1cnc(C(=O)N2CC=CCC2)cn1. The summed E-state index contributed by atoms with van der Waals surface area (Å²) in [5.41, 5.74) is 1.25. The van der Waals surface area contributed by atoms with Crippen LogP contribution < -0.4 is 0 Å². The van der Waals surface area contributed by atoms with Crippen molar-refractivity contribution in [3.05, 3.63) is 35.9 Å². The molecule has 15 heavy (non-hydrogen) atoms. The lowest BCUT2D eigenvalue weighted by atomic mass is 10.2. The third kappa shape index (κ3) is 2.21. The molecule has 0 unspecified atom stereocenters. The highest BCUT2D eigenvalue weighted by molar-refractivity contribution is 5.92. The van der Waals surface area contributed by atoms with Crippen LogP contribution in [0.3, 0.4) is 0 Å². The average molecular weight is 203 g/mol. The van der Waals surface area contributed by atoms with Gasteiger partial charge in [0.2, 0.25) is 0 Å². The van der Waals surface area contributed by atoms with Crippen LogP contribution in [-0.4, -0.2) is 33.9 Å². The molecule has 1 aliphatic rings. The lowest BCUT2D eigenvalue weighted by Crippen LogP contribution is -2.34. The zero-order chi connectivity index (χ0) is 10.7. The minimum Gasteiger partial charge on any atom is -0.333 e. The maximum absolute atomic E-state index is 11.9. The molecule has 0 aromatic carbocycles. The van der Waals surface area contributed by atoms with Gasteiger partial charge in [0.05, 0.1) is 11.9 Å². The fraction of sp³-hybridized carbons (Fsp3) is 0.364. The van der Waals surface area contributed by atoms with Crippen molar-refractivity contribution in [1.29, 1.82) is 0 Å². The van der Waals surface area contributed by atoms with Gasteiger partial charge in [-0.2, -0.15) is 0 Å². The number of rotatable bonds is 1. The Balaban J connectivity index is 2.13. The first kappa shape index (κ1) is 9.83. The molecule has 1 amide bonds. The van der Waals surface area contributed by atoms with Crippen LogP contribution in [0.2, 0.25) is 0 Å². The number of amides is 1. The Hall–Kier alpha value is -1.71. The monoisotopic (exact) mass is 203 g/mol. The van der Waals surface area contributed by atoms with Crippen LogP contribution in [0.25, 0.3) is 0 Å². The van der Waals surface area contributed by atoms with Gasteiger partial charge in [-0.05, 0) is 13.3 Å². The molecule has 0 spiro atoms. The van der Waals surface area contributed by atoms with Crippen LogP contribution in [-0.2, 0) is 0 Å². The van der Waals surface area contributed by atoms with Gasteiger partial charge in [0.25, 0.3) is 5.91 Å². The van der Waals surface area contributed by atoms with E-state index in [1.807, 2.05) is 13.0 Å². The Kier molecular flexibility index (Phi) is 2.76. The summed E-state index contributed by atoms with van der Waals surface area (Å²) in [7, 11) is 0. The van der Waals surface area contributed by atoms with E-state index in [1.165, 1.54) is 6.20 Å². The van der Waals surface area contributed by atoms with Gasteiger partial charge < -0.3 is 4.90 Å². The van der Waals surface area contributed by atoms with Gasteiger partial charge in [-0.1, -0.05) is 12.2 Å². The van der Waals surface area contributed by atoms with Crippen LogP contribution in [0.1, 0.15) is 22.6 Å². The van der Waals surface area contributed by atoms with E-state index in [0.717, 1.165) is 18.7 Å². The number of nitrogens with zero attached hydrogens (tertiary/aromatic N) is 3. The van der Waals surface area contributed by atoms with Crippen molar-refractivity contribution in [1.82, 2.24) is 14.9 Å². The first-order valence-electron chi connectivity index (χ1n) is 5.00. The average Bonchev–Trinajstić information content (AvgIpc) is 2.30. The Labute approximate surface area is 88.7 Å². The zero-order valence-corrected chi connectivity index (χ0v) is 8.68. The van der Waals surface area contributed by atoms with Gasteiger partial charge in [-0.25, -0.2) is 4.98 Å². The van der Waals surface area contributed by atoms with Crippen molar-refractivity contribution < 1.29 is 4.79 Å². The molecule has 4 nitrogen and oxygen atoms in total. The van der Waals surface area contributed by atoms with Crippen LogP contribution in [0.5, 0.6) is 0 Å². The molecule has 4 heteroatoms. The molecule has 78 valence electrons. The maximum atomic E-state index is 11.9. The Bertz CT molecular complexity index is 383. The number of hydrogen-bond acceptors (Lipinski definition) is 3. The number of aryl methyl sites for hydroxylation is 1. The van der Waals surface area contributed by atoms with Crippen molar-refractivity contribution in [2.75, 3.05) is 13.1 Å². The van der Waals surface area contributed by atoms with E-state index in [2.05, 4.69) is 16.0 Å². The van der Waals surface area contributed by atoms with Crippen molar-refractivity contribution in [3.8, 4) is 0 Å². The Morgan fingerprint density at radius 1 is 1.33 bits per heavy atom. The number of carbonyl (C=O) groups is 1. The van der Waals surface area contributed by atoms with Crippen molar-refractivity contribution in [3.63, 3.8) is 0 Å². The Morgan fingerprint density at radius 3 is 2.80 bits per heavy atom. The van der Waals surface area contributed by atoms with Crippen molar-refractivity contribution >= 4 is 5.91 Å². The number of hydrogen-bond donors (Lipinski definition) is 0. The van der Waals surface area contributed by atoms with Crippen LogP contribution in [0, 0.1) is 6.92 Å². The molecule has 0 fully saturated rings. The smallest absolute Gasteiger partial charge is 0.274 e. The minimum atomic E-state index is -0.0353. The molecule has 1 aromatic heterocycles. The predicted molar refractivity (Wildman–Crippen MR) is 56.4 cm³/mol.